The van der Waals surface area contributed by atoms with Crippen LogP contribution in [0.4, 0.5) is 20.2 Å². The van der Waals surface area contributed by atoms with Crippen LogP contribution in [-0.2, 0) is 11.2 Å². The van der Waals surface area contributed by atoms with E-state index in [-0.39, 0.29) is 35.0 Å². The summed E-state index contributed by atoms with van der Waals surface area (Å²) in [6.45, 7) is 0.434. The molecule has 0 unspecified atom stereocenters. The summed E-state index contributed by atoms with van der Waals surface area (Å²) in [5, 5.41) is 11.1. The smallest absolute Gasteiger partial charge is 0.289 e. The maximum absolute atomic E-state index is 13.8. The number of nitro groups is 1. The monoisotopic (exact) mass is 394 g/mol. The Labute approximate surface area is 159 Å². The molecule has 3 rings (SSSR count). The van der Waals surface area contributed by atoms with E-state index in [0.717, 1.165) is 18.9 Å². The average molecular weight is 395 g/mol. The van der Waals surface area contributed by atoms with Crippen LogP contribution in [0, 0.1) is 27.7 Å². The van der Waals surface area contributed by atoms with Gasteiger partial charge in [-0.3, -0.25) is 14.9 Å². The van der Waals surface area contributed by atoms with Crippen molar-refractivity contribution >= 4 is 28.9 Å². The van der Waals surface area contributed by atoms with E-state index in [1.54, 1.807) is 6.07 Å². The zero-order chi connectivity index (χ0) is 19.6. The number of carbonyl (C=O) groups is 1. The maximum Gasteiger partial charge on any atom is 0.289 e. The molecule has 0 aliphatic heterocycles. The fourth-order valence-electron chi connectivity index (χ4n) is 2.84. The molecule has 27 heavy (non-hydrogen) atoms. The molecular weight excluding hydrogens is 378 g/mol. The van der Waals surface area contributed by atoms with E-state index in [1.807, 2.05) is 0 Å². The summed E-state index contributed by atoms with van der Waals surface area (Å²) in [5.41, 5.74) is 0.221. The highest BCUT2D eigenvalue weighted by atomic mass is 35.5. The third-order valence-electron chi connectivity index (χ3n) is 4.52. The maximum atomic E-state index is 13.8. The van der Waals surface area contributed by atoms with Crippen molar-refractivity contribution in [2.45, 2.75) is 25.7 Å². The minimum absolute atomic E-state index is 0.00981. The van der Waals surface area contributed by atoms with Crippen LogP contribution in [0.1, 0.15) is 24.8 Å². The lowest BCUT2D eigenvalue weighted by molar-refractivity contribution is -0.384. The summed E-state index contributed by atoms with van der Waals surface area (Å²) >= 11 is 5.84. The summed E-state index contributed by atoms with van der Waals surface area (Å²) in [5.74, 6) is -1.87. The second kappa shape index (κ2) is 8.00. The van der Waals surface area contributed by atoms with Crippen LogP contribution in [0.3, 0.4) is 0 Å². The summed E-state index contributed by atoms with van der Waals surface area (Å²) in [6.07, 6.45) is 1.97. The first-order chi connectivity index (χ1) is 12.9. The van der Waals surface area contributed by atoms with Crippen LogP contribution in [0.25, 0.3) is 0 Å². The number of hydrogen-bond donors (Lipinski definition) is 0. The van der Waals surface area contributed by atoms with Gasteiger partial charge in [0.2, 0.25) is 5.91 Å². The van der Waals surface area contributed by atoms with Crippen molar-refractivity contribution in [1.82, 2.24) is 0 Å². The molecule has 1 aliphatic carbocycles. The predicted molar refractivity (Wildman–Crippen MR) is 97.9 cm³/mol. The number of amides is 1. The number of aryl methyl sites for hydroxylation is 1. The highest BCUT2D eigenvalue weighted by Crippen LogP contribution is 2.34. The minimum atomic E-state index is -0.957. The molecule has 5 nitrogen and oxygen atoms in total. The van der Waals surface area contributed by atoms with Crippen molar-refractivity contribution < 1.29 is 18.5 Å². The van der Waals surface area contributed by atoms with Gasteiger partial charge in [-0.15, -0.1) is 0 Å². The summed E-state index contributed by atoms with van der Waals surface area (Å²) in [6, 6.07) is 8.05. The van der Waals surface area contributed by atoms with Crippen LogP contribution < -0.4 is 4.90 Å². The molecule has 0 radical (unpaired) electrons. The molecule has 1 fully saturated rings. The van der Waals surface area contributed by atoms with Crippen LogP contribution in [0.2, 0.25) is 5.02 Å². The van der Waals surface area contributed by atoms with Crippen molar-refractivity contribution in [1.29, 1.82) is 0 Å². The molecule has 8 heteroatoms. The van der Waals surface area contributed by atoms with Gasteiger partial charge in [0, 0.05) is 19.0 Å². The number of halogens is 3. The second-order valence-corrected chi connectivity index (χ2v) is 6.96. The molecule has 1 aliphatic rings. The van der Waals surface area contributed by atoms with E-state index < -0.39 is 16.6 Å². The molecule has 0 spiro atoms. The molecule has 2 aromatic rings. The standard InChI is InChI=1S/C19H17ClF2N2O3/c20-15-8-7-14(10-17(15)24(26)27)23(11-12-4-5-12)18(25)9-6-13-2-1-3-16(21)19(13)22/h1-3,7-8,10,12H,4-6,9,11H2. The van der Waals surface area contributed by atoms with Crippen molar-refractivity contribution in [3.63, 3.8) is 0 Å². The number of anilines is 1. The number of carbonyl (C=O) groups excluding carboxylic acids is 1. The van der Waals surface area contributed by atoms with Crippen molar-refractivity contribution in [3.05, 3.63) is 68.7 Å². The second-order valence-electron chi connectivity index (χ2n) is 6.55. The van der Waals surface area contributed by atoms with E-state index in [4.69, 9.17) is 11.6 Å². The zero-order valence-corrected chi connectivity index (χ0v) is 15.1. The fourth-order valence-corrected chi connectivity index (χ4v) is 3.02. The van der Waals surface area contributed by atoms with Gasteiger partial charge in [0.05, 0.1) is 10.6 Å². The predicted octanol–water partition coefficient (Wildman–Crippen LogP) is 4.90. The average Bonchev–Trinajstić information content (AvgIpc) is 3.45. The summed E-state index contributed by atoms with van der Waals surface area (Å²) in [4.78, 5) is 24.7. The Hall–Kier alpha value is -2.54. The third kappa shape index (κ3) is 4.60. The molecular formula is C19H17ClF2N2O3. The molecule has 142 valence electrons. The SMILES string of the molecule is O=C(CCc1cccc(F)c1F)N(CC1CC1)c1ccc(Cl)c([N+](=O)[O-])c1. The van der Waals surface area contributed by atoms with Crippen LogP contribution in [0.15, 0.2) is 36.4 Å². The highest BCUT2D eigenvalue weighted by Gasteiger charge is 2.29. The van der Waals surface area contributed by atoms with Crippen molar-refractivity contribution in [2.24, 2.45) is 5.92 Å². The van der Waals surface area contributed by atoms with E-state index in [1.165, 1.54) is 29.2 Å². The Morgan fingerprint density at radius 2 is 2.00 bits per heavy atom. The first kappa shape index (κ1) is 19.2. The molecule has 1 amide bonds. The quantitative estimate of drug-likeness (QED) is 0.495. The van der Waals surface area contributed by atoms with Gasteiger partial charge < -0.3 is 4.90 Å². The van der Waals surface area contributed by atoms with Gasteiger partial charge in [0.25, 0.3) is 5.69 Å². The van der Waals surface area contributed by atoms with E-state index >= 15 is 0 Å². The summed E-state index contributed by atoms with van der Waals surface area (Å²) in [7, 11) is 0. The molecule has 1 saturated carbocycles. The van der Waals surface area contributed by atoms with Gasteiger partial charge in [0.1, 0.15) is 5.02 Å². The third-order valence-corrected chi connectivity index (χ3v) is 4.84. The number of nitro benzene ring substituents is 1. The molecule has 0 aromatic heterocycles. The van der Waals surface area contributed by atoms with Crippen molar-refractivity contribution in [3.8, 4) is 0 Å². The van der Waals surface area contributed by atoms with Gasteiger partial charge in [-0.1, -0.05) is 23.7 Å². The van der Waals surface area contributed by atoms with Gasteiger partial charge in [-0.2, -0.15) is 0 Å². The highest BCUT2D eigenvalue weighted by molar-refractivity contribution is 6.32. The van der Waals surface area contributed by atoms with Gasteiger partial charge >= 0.3 is 0 Å². The topological polar surface area (TPSA) is 63.5 Å². The Morgan fingerprint density at radius 1 is 1.26 bits per heavy atom. The largest absolute Gasteiger partial charge is 0.312 e. The van der Waals surface area contributed by atoms with Gasteiger partial charge in [0.15, 0.2) is 11.6 Å². The first-order valence-corrected chi connectivity index (χ1v) is 8.92. The molecule has 0 heterocycles. The zero-order valence-electron chi connectivity index (χ0n) is 14.3. The number of nitrogens with zero attached hydrogens (tertiary/aromatic N) is 2. The lowest BCUT2D eigenvalue weighted by Gasteiger charge is -2.23. The Kier molecular flexibility index (Phi) is 5.70. The Balaban J connectivity index is 1.80. The van der Waals surface area contributed by atoms with Crippen LogP contribution in [0.5, 0.6) is 0 Å². The van der Waals surface area contributed by atoms with Crippen LogP contribution in [-0.4, -0.2) is 17.4 Å². The van der Waals surface area contributed by atoms with E-state index in [9.17, 15) is 23.7 Å². The number of rotatable bonds is 7. The lowest BCUT2D eigenvalue weighted by Crippen LogP contribution is -2.33. The lowest BCUT2D eigenvalue weighted by atomic mass is 10.1. The van der Waals surface area contributed by atoms with Gasteiger partial charge in [-0.05, 0) is 48.9 Å². The van der Waals surface area contributed by atoms with Crippen molar-refractivity contribution in [2.75, 3.05) is 11.4 Å². The number of hydrogen-bond acceptors (Lipinski definition) is 3. The molecule has 2 aromatic carbocycles. The van der Waals surface area contributed by atoms with Gasteiger partial charge in [-0.25, -0.2) is 8.78 Å². The van der Waals surface area contributed by atoms with E-state index in [2.05, 4.69) is 0 Å². The molecule has 0 saturated heterocycles. The molecule has 0 bridgehead atoms. The van der Waals surface area contributed by atoms with Crippen LogP contribution >= 0.6 is 11.6 Å². The molecule has 0 atom stereocenters. The fraction of sp³-hybridized carbons (Fsp3) is 0.316. The number of benzene rings is 2. The normalized spacial score (nSPS) is 13.4. The Bertz CT molecular complexity index is 887. The summed E-state index contributed by atoms with van der Waals surface area (Å²) < 4.78 is 27.1. The van der Waals surface area contributed by atoms with E-state index in [0.29, 0.717) is 18.2 Å². The Morgan fingerprint density at radius 3 is 2.67 bits per heavy atom. The first-order valence-electron chi connectivity index (χ1n) is 8.54. The molecule has 0 N–H and O–H groups in total. The minimum Gasteiger partial charge on any atom is -0.312 e.